The molecule has 0 radical (unpaired) electrons. The molecule has 1 aromatic carbocycles. The molecule has 119 valence electrons. The van der Waals surface area contributed by atoms with Crippen molar-refractivity contribution in [2.45, 2.75) is 62.9 Å². The number of benzene rings is 1. The van der Waals surface area contributed by atoms with Gasteiger partial charge in [-0.25, -0.2) is 0 Å². The quantitative estimate of drug-likeness (QED) is 0.591. The minimum atomic E-state index is 0. The fraction of sp³-hybridized carbons (Fsp3) is 0.579. The van der Waals surface area contributed by atoms with Crippen LogP contribution in [0.25, 0.3) is 5.57 Å². The van der Waals surface area contributed by atoms with Gasteiger partial charge in [0.05, 0.1) is 0 Å². The van der Waals surface area contributed by atoms with E-state index in [0.29, 0.717) is 3.63 Å². The summed E-state index contributed by atoms with van der Waals surface area (Å²) >= 11 is 1.65. The Labute approximate surface area is 163 Å². The first-order valence-corrected chi connectivity index (χ1v) is 9.44. The Kier molecular flexibility index (Phi) is 7.44. The van der Waals surface area contributed by atoms with Crippen LogP contribution in [0.4, 0.5) is 0 Å². The van der Waals surface area contributed by atoms with Gasteiger partial charge in [0, 0.05) is 0 Å². The van der Waals surface area contributed by atoms with Crippen LogP contribution in [0.1, 0.15) is 78.3 Å². The SMILES string of the molecule is CC1=C(C)[CH]([Zr+2])c2c(C)ccc(C3CCC(C)CC3)c21.[Cl-].[Cl-]. The van der Waals surface area contributed by atoms with Crippen LogP contribution in [0.15, 0.2) is 17.7 Å². The summed E-state index contributed by atoms with van der Waals surface area (Å²) in [4.78, 5) is 0. The van der Waals surface area contributed by atoms with Gasteiger partial charge in [0.25, 0.3) is 0 Å². The molecule has 2 aliphatic carbocycles. The van der Waals surface area contributed by atoms with Crippen LogP contribution >= 0.6 is 0 Å². The predicted octanol–water partition coefficient (Wildman–Crippen LogP) is -0.308. The third-order valence-electron chi connectivity index (χ3n) is 5.64. The number of allylic oxidation sites excluding steroid dienone is 2. The van der Waals surface area contributed by atoms with Gasteiger partial charge in [0.15, 0.2) is 0 Å². The summed E-state index contributed by atoms with van der Waals surface area (Å²) in [6.07, 6.45) is 5.61. The van der Waals surface area contributed by atoms with Gasteiger partial charge in [-0.1, -0.05) is 0 Å². The Bertz CT molecular complexity index is 569. The number of halogens is 2. The van der Waals surface area contributed by atoms with E-state index >= 15 is 0 Å². The molecule has 0 N–H and O–H groups in total. The Morgan fingerprint density at radius 1 is 0.955 bits per heavy atom. The molecule has 0 aliphatic heterocycles. The van der Waals surface area contributed by atoms with Crippen LogP contribution in [-0.2, 0) is 24.7 Å². The van der Waals surface area contributed by atoms with Gasteiger partial charge in [0.2, 0.25) is 0 Å². The number of rotatable bonds is 1. The molecule has 1 saturated carbocycles. The van der Waals surface area contributed by atoms with Crippen molar-refractivity contribution in [3.8, 4) is 0 Å². The van der Waals surface area contributed by atoms with Crippen LogP contribution in [0, 0.1) is 12.8 Å². The summed E-state index contributed by atoms with van der Waals surface area (Å²) in [5, 5.41) is 0. The van der Waals surface area contributed by atoms with Crippen molar-refractivity contribution in [1.82, 2.24) is 0 Å². The minimum Gasteiger partial charge on any atom is -1.00 e. The Morgan fingerprint density at radius 2 is 1.55 bits per heavy atom. The van der Waals surface area contributed by atoms with E-state index in [-0.39, 0.29) is 24.8 Å². The maximum Gasteiger partial charge on any atom is -1.00 e. The molecular formula is C19H25Cl2Zr. The standard InChI is InChI=1S/C19H25.2ClH.Zr/c1-12-5-8-16(9-6-12)17-10-7-13(2)18-11-14(3)15(4)19(17)18;;;/h7,10-12,16H,5-6,8-9H2,1-4H3;2*1H;/q;;;+2/p-2. The number of fused-ring (bicyclic) bond motifs is 1. The van der Waals surface area contributed by atoms with Gasteiger partial charge in [-0.3, -0.25) is 0 Å². The van der Waals surface area contributed by atoms with Gasteiger partial charge in [0.1, 0.15) is 0 Å². The molecule has 3 heteroatoms. The Morgan fingerprint density at radius 3 is 2.14 bits per heavy atom. The molecule has 0 spiro atoms. The van der Waals surface area contributed by atoms with Crippen molar-refractivity contribution in [2.24, 2.45) is 5.92 Å². The van der Waals surface area contributed by atoms with Crippen molar-refractivity contribution < 1.29 is 49.5 Å². The molecule has 2 aliphatic rings. The van der Waals surface area contributed by atoms with Gasteiger partial charge >= 0.3 is 139 Å². The molecule has 0 heterocycles. The molecule has 1 fully saturated rings. The first-order valence-electron chi connectivity index (χ1n) is 8.03. The Hall–Kier alpha value is 0.423. The van der Waals surface area contributed by atoms with Gasteiger partial charge in [-0.05, 0) is 0 Å². The molecule has 0 saturated heterocycles. The van der Waals surface area contributed by atoms with Crippen molar-refractivity contribution in [3.63, 3.8) is 0 Å². The van der Waals surface area contributed by atoms with Crippen molar-refractivity contribution >= 4 is 5.57 Å². The second kappa shape index (κ2) is 8.00. The van der Waals surface area contributed by atoms with E-state index < -0.39 is 0 Å². The van der Waals surface area contributed by atoms with E-state index in [1.54, 1.807) is 52.6 Å². The second-order valence-corrected chi connectivity index (χ2v) is 8.38. The zero-order chi connectivity index (χ0) is 14.4. The van der Waals surface area contributed by atoms with Gasteiger partial charge in [-0.2, -0.15) is 0 Å². The van der Waals surface area contributed by atoms with Crippen LogP contribution in [0.2, 0.25) is 0 Å². The zero-order valence-electron chi connectivity index (χ0n) is 14.0. The predicted molar refractivity (Wildman–Crippen MR) is 82.6 cm³/mol. The molecule has 1 unspecified atom stereocenters. The summed E-state index contributed by atoms with van der Waals surface area (Å²) in [5.41, 5.74) is 9.68. The first-order chi connectivity index (χ1) is 9.50. The van der Waals surface area contributed by atoms with E-state index in [1.807, 2.05) is 0 Å². The fourth-order valence-corrected chi connectivity index (χ4v) is 5.52. The van der Waals surface area contributed by atoms with Gasteiger partial charge < -0.3 is 24.8 Å². The maximum absolute atomic E-state index is 2.44. The summed E-state index contributed by atoms with van der Waals surface area (Å²) in [6.45, 7) is 9.42. The third-order valence-corrected chi connectivity index (χ3v) is 7.41. The molecule has 1 atom stereocenters. The maximum atomic E-state index is 2.44. The van der Waals surface area contributed by atoms with Crippen molar-refractivity contribution in [3.05, 3.63) is 40.0 Å². The van der Waals surface area contributed by atoms with E-state index in [2.05, 4.69) is 39.8 Å². The number of aryl methyl sites for hydroxylation is 1. The number of hydrogen-bond acceptors (Lipinski definition) is 0. The van der Waals surface area contributed by atoms with E-state index in [4.69, 9.17) is 0 Å². The summed E-state index contributed by atoms with van der Waals surface area (Å²) in [6, 6.07) is 4.83. The molecule has 0 nitrogen and oxygen atoms in total. The van der Waals surface area contributed by atoms with Crippen molar-refractivity contribution in [2.75, 3.05) is 0 Å². The normalized spacial score (nSPS) is 27.1. The molecule has 22 heavy (non-hydrogen) atoms. The monoisotopic (exact) mass is 413 g/mol. The van der Waals surface area contributed by atoms with Crippen LogP contribution in [0.3, 0.4) is 0 Å². The van der Waals surface area contributed by atoms with Crippen LogP contribution in [-0.4, -0.2) is 0 Å². The third kappa shape index (κ3) is 3.43. The minimum absolute atomic E-state index is 0. The molecule has 0 aromatic heterocycles. The van der Waals surface area contributed by atoms with Crippen LogP contribution < -0.4 is 24.8 Å². The van der Waals surface area contributed by atoms with Crippen molar-refractivity contribution in [1.29, 1.82) is 0 Å². The fourth-order valence-electron chi connectivity index (χ4n) is 4.07. The molecule has 0 amide bonds. The number of hydrogen-bond donors (Lipinski definition) is 0. The van der Waals surface area contributed by atoms with E-state index in [1.165, 1.54) is 31.2 Å². The first kappa shape index (κ1) is 20.5. The molecule has 1 aromatic rings. The summed E-state index contributed by atoms with van der Waals surface area (Å²) in [7, 11) is 0. The average molecular weight is 416 g/mol. The smallest absolute Gasteiger partial charge is 1.00 e. The van der Waals surface area contributed by atoms with Gasteiger partial charge in [-0.15, -0.1) is 0 Å². The molecular weight excluding hydrogens is 390 g/mol. The molecule has 0 bridgehead atoms. The summed E-state index contributed by atoms with van der Waals surface area (Å²) in [5.74, 6) is 1.75. The Balaban J connectivity index is 0.00000121. The molecule has 3 rings (SSSR count). The topological polar surface area (TPSA) is 0 Å². The second-order valence-electron chi connectivity index (χ2n) is 6.96. The largest absolute Gasteiger partial charge is 1.00 e. The van der Waals surface area contributed by atoms with E-state index in [0.717, 1.165) is 11.8 Å². The average Bonchev–Trinajstić information content (AvgIpc) is 2.67. The van der Waals surface area contributed by atoms with Crippen LogP contribution in [0.5, 0.6) is 0 Å². The zero-order valence-corrected chi connectivity index (χ0v) is 17.9. The van der Waals surface area contributed by atoms with E-state index in [9.17, 15) is 0 Å². The summed E-state index contributed by atoms with van der Waals surface area (Å²) < 4.78 is 0.708.